The Bertz CT molecular complexity index is 1060. The number of carbonyl (C=O) groups excluding carboxylic acids is 2. The molecule has 3 aromatic rings. The molecule has 4 rings (SSSR count). The average Bonchev–Trinajstić information content (AvgIpc) is 2.99. The smallest absolute Gasteiger partial charge is 0.282 e. The second-order valence-corrected chi connectivity index (χ2v) is 6.84. The molecule has 0 fully saturated rings. The topological polar surface area (TPSA) is 40.6 Å². The number of amides is 2. The summed E-state index contributed by atoms with van der Waals surface area (Å²) in [6, 6.07) is 25.4. The van der Waals surface area contributed by atoms with Crippen molar-refractivity contribution in [2.75, 3.05) is 16.8 Å². The highest BCUT2D eigenvalue weighted by molar-refractivity contribution is 6.46. The predicted octanol–water partition coefficient (Wildman–Crippen LogP) is 4.76. The first-order valence-corrected chi connectivity index (χ1v) is 9.18. The molecule has 0 spiro atoms. The van der Waals surface area contributed by atoms with E-state index < -0.39 is 0 Å². The van der Waals surface area contributed by atoms with Gasteiger partial charge in [0.25, 0.3) is 11.8 Å². The van der Waals surface area contributed by atoms with Gasteiger partial charge in [-0.15, -0.1) is 0 Å². The lowest BCUT2D eigenvalue weighted by atomic mass is 10.0. The minimum Gasteiger partial charge on any atom is -0.339 e. The minimum atomic E-state index is -0.354. The highest BCUT2D eigenvalue weighted by Crippen LogP contribution is 2.36. The van der Waals surface area contributed by atoms with Gasteiger partial charge in [-0.25, -0.2) is 4.90 Å². The maximum Gasteiger partial charge on any atom is 0.282 e. The van der Waals surface area contributed by atoms with Crippen molar-refractivity contribution in [2.45, 2.75) is 0 Å². The Morgan fingerprint density at radius 1 is 0.750 bits per heavy atom. The Hall–Kier alpha value is -3.37. The van der Waals surface area contributed by atoms with E-state index in [-0.39, 0.29) is 11.8 Å². The van der Waals surface area contributed by atoms with Crippen molar-refractivity contribution in [3.8, 4) is 0 Å². The van der Waals surface area contributed by atoms with Gasteiger partial charge in [-0.2, -0.15) is 0 Å². The molecule has 1 aliphatic heterocycles. The fourth-order valence-corrected chi connectivity index (χ4v) is 3.42. The number of hydrogen-bond acceptors (Lipinski definition) is 3. The lowest BCUT2D eigenvalue weighted by Gasteiger charge is -2.21. The zero-order chi connectivity index (χ0) is 19.7. The Labute approximate surface area is 168 Å². The Morgan fingerprint density at radius 2 is 1.32 bits per heavy atom. The van der Waals surface area contributed by atoms with Crippen LogP contribution in [0.5, 0.6) is 0 Å². The molecular weight excluding hydrogens is 372 g/mol. The summed E-state index contributed by atoms with van der Waals surface area (Å²) < 4.78 is 0. The summed E-state index contributed by atoms with van der Waals surface area (Å²) in [6.07, 6.45) is 0. The second-order valence-electron chi connectivity index (χ2n) is 6.41. The SMILES string of the molecule is CN(C1=C(c2ccc(Cl)cc2)C(=O)N(c2ccccc2)C1=O)c1ccccc1. The summed E-state index contributed by atoms with van der Waals surface area (Å²) in [4.78, 5) is 29.7. The number of rotatable bonds is 4. The van der Waals surface area contributed by atoms with Crippen LogP contribution in [0.25, 0.3) is 5.57 Å². The third kappa shape index (κ3) is 3.08. The van der Waals surface area contributed by atoms with Gasteiger partial charge in [-0.3, -0.25) is 9.59 Å². The van der Waals surface area contributed by atoms with Gasteiger partial charge in [0.2, 0.25) is 0 Å². The van der Waals surface area contributed by atoms with Gasteiger partial charge >= 0.3 is 0 Å². The van der Waals surface area contributed by atoms with Gasteiger partial charge in [-0.1, -0.05) is 60.1 Å². The molecule has 0 atom stereocenters. The van der Waals surface area contributed by atoms with Crippen molar-refractivity contribution < 1.29 is 9.59 Å². The van der Waals surface area contributed by atoms with Crippen LogP contribution >= 0.6 is 11.6 Å². The number of carbonyl (C=O) groups is 2. The van der Waals surface area contributed by atoms with Crippen molar-refractivity contribution >= 4 is 40.4 Å². The van der Waals surface area contributed by atoms with E-state index in [1.54, 1.807) is 60.5 Å². The molecule has 1 heterocycles. The molecule has 28 heavy (non-hydrogen) atoms. The molecule has 1 aliphatic rings. The fraction of sp³-hybridized carbons (Fsp3) is 0.0435. The van der Waals surface area contributed by atoms with E-state index in [0.29, 0.717) is 27.5 Å². The molecule has 0 saturated carbocycles. The van der Waals surface area contributed by atoms with E-state index in [9.17, 15) is 9.59 Å². The second kappa shape index (κ2) is 7.33. The molecule has 0 radical (unpaired) electrons. The van der Waals surface area contributed by atoms with Crippen LogP contribution in [0.1, 0.15) is 5.56 Å². The van der Waals surface area contributed by atoms with Gasteiger partial charge in [0.1, 0.15) is 5.70 Å². The first-order valence-electron chi connectivity index (χ1n) is 8.81. The zero-order valence-electron chi connectivity index (χ0n) is 15.2. The number of nitrogens with zero attached hydrogens (tertiary/aromatic N) is 2. The monoisotopic (exact) mass is 388 g/mol. The largest absolute Gasteiger partial charge is 0.339 e. The molecule has 0 N–H and O–H groups in total. The van der Waals surface area contributed by atoms with Gasteiger partial charge in [0.05, 0.1) is 11.3 Å². The summed E-state index contributed by atoms with van der Waals surface area (Å²) in [5, 5.41) is 0.569. The van der Waals surface area contributed by atoms with Crippen LogP contribution in [0, 0.1) is 0 Å². The van der Waals surface area contributed by atoms with E-state index in [2.05, 4.69) is 0 Å². The van der Waals surface area contributed by atoms with Crippen LogP contribution in [-0.2, 0) is 9.59 Å². The third-order valence-electron chi connectivity index (χ3n) is 4.69. The minimum absolute atomic E-state index is 0.336. The van der Waals surface area contributed by atoms with Crippen molar-refractivity contribution in [1.29, 1.82) is 0 Å². The number of anilines is 2. The van der Waals surface area contributed by atoms with Gasteiger partial charge in [-0.05, 0) is 42.0 Å². The van der Waals surface area contributed by atoms with E-state index in [1.165, 1.54) is 4.90 Å². The van der Waals surface area contributed by atoms with Gasteiger partial charge in [0.15, 0.2) is 0 Å². The quantitative estimate of drug-likeness (QED) is 0.605. The number of hydrogen-bond donors (Lipinski definition) is 0. The van der Waals surface area contributed by atoms with Crippen molar-refractivity contribution in [2.24, 2.45) is 0 Å². The molecule has 0 bridgehead atoms. The van der Waals surface area contributed by atoms with Crippen LogP contribution in [0.4, 0.5) is 11.4 Å². The third-order valence-corrected chi connectivity index (χ3v) is 4.94. The summed E-state index contributed by atoms with van der Waals surface area (Å²) in [7, 11) is 1.79. The normalized spacial score (nSPS) is 14.0. The number of likely N-dealkylation sites (N-methyl/N-ethyl adjacent to an activating group) is 1. The molecule has 4 nitrogen and oxygen atoms in total. The highest BCUT2D eigenvalue weighted by Gasteiger charge is 2.41. The molecule has 3 aromatic carbocycles. The summed E-state index contributed by atoms with van der Waals surface area (Å²) in [5.41, 5.74) is 2.71. The lowest BCUT2D eigenvalue weighted by Crippen LogP contribution is -2.34. The average molecular weight is 389 g/mol. The van der Waals surface area contributed by atoms with Gasteiger partial charge in [0, 0.05) is 17.8 Å². The zero-order valence-corrected chi connectivity index (χ0v) is 15.9. The lowest BCUT2D eigenvalue weighted by molar-refractivity contribution is -0.120. The van der Waals surface area contributed by atoms with Crippen LogP contribution < -0.4 is 9.80 Å². The predicted molar refractivity (Wildman–Crippen MR) is 112 cm³/mol. The van der Waals surface area contributed by atoms with E-state index in [1.807, 2.05) is 36.4 Å². The van der Waals surface area contributed by atoms with Crippen LogP contribution in [-0.4, -0.2) is 18.9 Å². The Kier molecular flexibility index (Phi) is 4.72. The first kappa shape index (κ1) is 18.0. The molecule has 0 aliphatic carbocycles. The van der Waals surface area contributed by atoms with Crippen LogP contribution in [0.3, 0.4) is 0 Å². The number of para-hydroxylation sites is 2. The maximum absolute atomic E-state index is 13.4. The molecule has 2 amide bonds. The molecular formula is C23H17ClN2O2. The van der Waals surface area contributed by atoms with Crippen LogP contribution in [0.2, 0.25) is 5.02 Å². The van der Waals surface area contributed by atoms with Crippen molar-refractivity contribution in [1.82, 2.24) is 0 Å². The fourth-order valence-electron chi connectivity index (χ4n) is 3.30. The Morgan fingerprint density at radius 3 is 1.93 bits per heavy atom. The standard InChI is InChI=1S/C23H17ClN2O2/c1-25(18-8-4-2-5-9-18)21-20(16-12-14-17(24)15-13-16)22(27)26(23(21)28)19-10-6-3-7-11-19/h2-15H,1H3. The highest BCUT2D eigenvalue weighted by atomic mass is 35.5. The van der Waals surface area contributed by atoms with Crippen molar-refractivity contribution in [3.63, 3.8) is 0 Å². The summed E-state index contributed by atoms with van der Waals surface area (Å²) in [6.45, 7) is 0. The first-order chi connectivity index (χ1) is 13.6. The molecule has 5 heteroatoms. The molecule has 0 aromatic heterocycles. The van der Waals surface area contributed by atoms with Crippen LogP contribution in [0.15, 0.2) is 90.6 Å². The molecule has 0 unspecified atom stereocenters. The van der Waals surface area contributed by atoms with E-state index >= 15 is 0 Å². The van der Waals surface area contributed by atoms with E-state index in [4.69, 9.17) is 11.6 Å². The number of benzene rings is 3. The van der Waals surface area contributed by atoms with E-state index in [0.717, 1.165) is 5.69 Å². The molecule has 138 valence electrons. The summed E-state index contributed by atoms with van der Waals surface area (Å²) >= 11 is 6.01. The maximum atomic E-state index is 13.4. The number of halogens is 1. The number of imide groups is 1. The van der Waals surface area contributed by atoms with Crippen molar-refractivity contribution in [3.05, 3.63) is 101 Å². The molecule has 0 saturated heterocycles. The van der Waals surface area contributed by atoms with Gasteiger partial charge < -0.3 is 4.90 Å². The Balaban J connectivity index is 1.88. The summed E-state index contributed by atoms with van der Waals surface area (Å²) in [5.74, 6) is -0.705.